The van der Waals surface area contributed by atoms with Crippen LogP contribution in [0.1, 0.15) is 23.2 Å². The summed E-state index contributed by atoms with van der Waals surface area (Å²) in [5.41, 5.74) is 2.25. The van der Waals surface area contributed by atoms with Gasteiger partial charge in [-0.3, -0.25) is 19.1 Å². The zero-order valence-electron chi connectivity index (χ0n) is 14.1. The monoisotopic (exact) mass is 336 g/mol. The average Bonchev–Trinajstić information content (AvgIpc) is 3.36. The Morgan fingerprint density at radius 3 is 2.88 bits per heavy atom. The predicted molar refractivity (Wildman–Crippen MR) is 92.7 cm³/mol. The zero-order valence-corrected chi connectivity index (χ0v) is 14.1. The highest BCUT2D eigenvalue weighted by Crippen LogP contribution is 2.26. The van der Waals surface area contributed by atoms with E-state index in [2.05, 4.69) is 15.2 Å². The second-order valence-electron chi connectivity index (χ2n) is 6.32. The minimum Gasteiger partial charge on any atom is -0.334 e. The molecule has 0 radical (unpaired) electrons. The van der Waals surface area contributed by atoms with Gasteiger partial charge in [0.25, 0.3) is 5.91 Å². The lowest BCUT2D eigenvalue weighted by molar-refractivity contribution is 0.0722. The molecule has 0 bridgehead atoms. The van der Waals surface area contributed by atoms with Gasteiger partial charge in [-0.2, -0.15) is 10.2 Å². The minimum absolute atomic E-state index is 0.0366. The highest BCUT2D eigenvalue weighted by molar-refractivity contribution is 6.00. The average molecular weight is 336 g/mol. The molecule has 4 heterocycles. The molecule has 0 N–H and O–H groups in total. The summed E-state index contributed by atoms with van der Waals surface area (Å²) in [4.78, 5) is 19.2. The Hall–Kier alpha value is -2.96. The molecule has 0 saturated carbocycles. The molecule has 3 aromatic heterocycles. The second-order valence-corrected chi connectivity index (χ2v) is 6.32. The molecule has 1 amide bonds. The van der Waals surface area contributed by atoms with Crippen molar-refractivity contribution in [2.24, 2.45) is 7.05 Å². The van der Waals surface area contributed by atoms with Crippen LogP contribution in [0, 0.1) is 0 Å². The van der Waals surface area contributed by atoms with E-state index in [9.17, 15) is 4.79 Å². The summed E-state index contributed by atoms with van der Waals surface area (Å²) in [5.74, 6) is 0.0366. The van der Waals surface area contributed by atoms with Crippen LogP contribution in [0.2, 0.25) is 0 Å². The van der Waals surface area contributed by atoms with Gasteiger partial charge in [-0.1, -0.05) is 0 Å². The van der Waals surface area contributed by atoms with Gasteiger partial charge in [0, 0.05) is 50.1 Å². The molecule has 128 valence electrons. The third-order valence-electron chi connectivity index (χ3n) is 4.61. The fraction of sp³-hybridized carbons (Fsp3) is 0.333. The number of hydrogen-bond acceptors (Lipinski definition) is 4. The van der Waals surface area contributed by atoms with Gasteiger partial charge >= 0.3 is 0 Å². The summed E-state index contributed by atoms with van der Waals surface area (Å²) in [6.07, 6.45) is 11.0. The van der Waals surface area contributed by atoms with Crippen molar-refractivity contribution in [3.63, 3.8) is 0 Å². The molecular formula is C18H20N6O. The van der Waals surface area contributed by atoms with E-state index in [4.69, 9.17) is 0 Å². The first kappa shape index (κ1) is 15.6. The Labute approximate surface area is 145 Å². The van der Waals surface area contributed by atoms with Gasteiger partial charge in [0.05, 0.1) is 18.2 Å². The first-order valence-corrected chi connectivity index (χ1v) is 8.45. The number of pyridine rings is 1. The summed E-state index contributed by atoms with van der Waals surface area (Å²) in [6.45, 7) is 1.50. The van der Waals surface area contributed by atoms with Crippen LogP contribution in [0.15, 0.2) is 49.2 Å². The van der Waals surface area contributed by atoms with E-state index in [1.54, 1.807) is 29.5 Å². The first-order valence-electron chi connectivity index (χ1n) is 8.45. The molecule has 0 aromatic carbocycles. The van der Waals surface area contributed by atoms with Crippen molar-refractivity contribution in [1.29, 1.82) is 0 Å². The lowest BCUT2D eigenvalue weighted by atomic mass is 10.1. The second kappa shape index (κ2) is 6.51. The van der Waals surface area contributed by atoms with E-state index < -0.39 is 0 Å². The number of amides is 1. The summed E-state index contributed by atoms with van der Waals surface area (Å²) >= 11 is 0. The minimum atomic E-state index is 0.0366. The molecule has 1 atom stereocenters. The molecule has 3 aromatic rings. The van der Waals surface area contributed by atoms with E-state index in [0.717, 1.165) is 31.5 Å². The lowest BCUT2D eigenvalue weighted by Crippen LogP contribution is -2.38. The van der Waals surface area contributed by atoms with Gasteiger partial charge in [-0.15, -0.1) is 0 Å². The van der Waals surface area contributed by atoms with Gasteiger partial charge < -0.3 is 4.90 Å². The molecule has 1 aliphatic heterocycles. The number of rotatable bonds is 4. The SMILES string of the molecule is Cn1cc(C(=O)N2CCC[C@@H]2Cn2cccn2)c(-c2ccncc2)n1. The fourth-order valence-corrected chi connectivity index (χ4v) is 3.44. The van der Waals surface area contributed by atoms with Crippen molar-refractivity contribution < 1.29 is 4.79 Å². The number of carbonyl (C=O) groups excluding carboxylic acids is 1. The first-order chi connectivity index (χ1) is 12.2. The van der Waals surface area contributed by atoms with E-state index in [0.29, 0.717) is 11.3 Å². The molecule has 0 aliphatic carbocycles. The number of nitrogens with zero attached hydrogens (tertiary/aromatic N) is 6. The fourth-order valence-electron chi connectivity index (χ4n) is 3.44. The standard InChI is InChI=1S/C18H20N6O/c1-22-13-16(17(21-22)14-5-8-19-9-6-14)18(25)24-11-2-4-15(24)12-23-10-3-7-20-23/h3,5-10,13,15H,2,4,11-12H2,1H3/t15-/m1/s1. The van der Waals surface area contributed by atoms with Crippen LogP contribution in [-0.2, 0) is 13.6 Å². The number of aromatic nitrogens is 5. The van der Waals surface area contributed by atoms with E-state index in [1.807, 2.05) is 41.0 Å². The number of hydrogen-bond donors (Lipinski definition) is 0. The number of likely N-dealkylation sites (tertiary alicyclic amines) is 1. The van der Waals surface area contributed by atoms with Crippen molar-refractivity contribution in [3.8, 4) is 11.3 Å². The summed E-state index contributed by atoms with van der Waals surface area (Å²) < 4.78 is 3.59. The van der Waals surface area contributed by atoms with E-state index >= 15 is 0 Å². The van der Waals surface area contributed by atoms with Crippen LogP contribution in [0.3, 0.4) is 0 Å². The third kappa shape index (κ3) is 3.05. The molecule has 25 heavy (non-hydrogen) atoms. The summed E-state index contributed by atoms with van der Waals surface area (Å²) in [6, 6.07) is 5.83. The van der Waals surface area contributed by atoms with Gasteiger partial charge in [0.1, 0.15) is 5.69 Å². The Morgan fingerprint density at radius 2 is 2.12 bits per heavy atom. The third-order valence-corrected chi connectivity index (χ3v) is 4.61. The van der Waals surface area contributed by atoms with Crippen molar-refractivity contribution >= 4 is 5.91 Å². The van der Waals surface area contributed by atoms with Crippen LogP contribution in [0.25, 0.3) is 11.3 Å². The maximum atomic E-state index is 13.2. The Bertz CT molecular complexity index is 855. The summed E-state index contributed by atoms with van der Waals surface area (Å²) in [7, 11) is 1.84. The highest BCUT2D eigenvalue weighted by Gasteiger charge is 2.32. The van der Waals surface area contributed by atoms with E-state index in [1.165, 1.54) is 0 Å². The van der Waals surface area contributed by atoms with E-state index in [-0.39, 0.29) is 11.9 Å². The Morgan fingerprint density at radius 1 is 1.28 bits per heavy atom. The molecule has 7 heteroatoms. The molecular weight excluding hydrogens is 316 g/mol. The molecule has 7 nitrogen and oxygen atoms in total. The topological polar surface area (TPSA) is 68.8 Å². The lowest BCUT2D eigenvalue weighted by Gasteiger charge is -2.24. The molecule has 1 fully saturated rings. The van der Waals surface area contributed by atoms with Crippen LogP contribution in [-0.4, -0.2) is 47.9 Å². The quantitative estimate of drug-likeness (QED) is 0.730. The highest BCUT2D eigenvalue weighted by atomic mass is 16.2. The largest absolute Gasteiger partial charge is 0.334 e. The molecule has 0 unspecified atom stereocenters. The van der Waals surface area contributed by atoms with Crippen molar-refractivity contribution in [2.45, 2.75) is 25.4 Å². The molecule has 0 spiro atoms. The van der Waals surface area contributed by atoms with Crippen molar-refractivity contribution in [3.05, 3.63) is 54.7 Å². The molecule has 1 aliphatic rings. The Kier molecular flexibility index (Phi) is 4.05. The number of aryl methyl sites for hydroxylation is 1. The normalized spacial score (nSPS) is 17.2. The van der Waals surface area contributed by atoms with Gasteiger partial charge in [0.15, 0.2) is 0 Å². The van der Waals surface area contributed by atoms with Crippen LogP contribution in [0.5, 0.6) is 0 Å². The van der Waals surface area contributed by atoms with Gasteiger partial charge in [0.2, 0.25) is 0 Å². The zero-order chi connectivity index (χ0) is 17.2. The Balaban J connectivity index is 1.62. The predicted octanol–water partition coefficient (Wildman–Crippen LogP) is 1.98. The maximum Gasteiger partial charge on any atom is 0.258 e. The van der Waals surface area contributed by atoms with Crippen molar-refractivity contribution in [1.82, 2.24) is 29.4 Å². The van der Waals surface area contributed by atoms with Crippen molar-refractivity contribution in [2.75, 3.05) is 6.54 Å². The van der Waals surface area contributed by atoms with Crippen LogP contribution < -0.4 is 0 Å². The molecule has 1 saturated heterocycles. The van der Waals surface area contributed by atoms with Crippen LogP contribution >= 0.6 is 0 Å². The molecule has 4 rings (SSSR count). The maximum absolute atomic E-state index is 13.2. The summed E-state index contributed by atoms with van der Waals surface area (Å²) in [5, 5.41) is 8.77. The smallest absolute Gasteiger partial charge is 0.258 e. The van der Waals surface area contributed by atoms with Gasteiger partial charge in [-0.05, 0) is 31.0 Å². The van der Waals surface area contributed by atoms with Crippen LogP contribution in [0.4, 0.5) is 0 Å². The van der Waals surface area contributed by atoms with Gasteiger partial charge in [-0.25, -0.2) is 0 Å². The number of carbonyl (C=O) groups is 1.